The lowest BCUT2D eigenvalue weighted by molar-refractivity contribution is 0.617. The van der Waals surface area contributed by atoms with E-state index in [4.69, 9.17) is 0 Å². The fraction of sp³-hybridized carbons (Fsp3) is 0.0667. The zero-order chi connectivity index (χ0) is 14.8. The van der Waals surface area contributed by atoms with Crippen LogP contribution in [-0.4, -0.2) is 14.8 Å². The fourth-order valence-electron chi connectivity index (χ4n) is 1.93. The van der Waals surface area contributed by atoms with E-state index in [0.717, 1.165) is 11.1 Å². The molecule has 21 heavy (non-hydrogen) atoms. The van der Waals surface area contributed by atoms with Crippen LogP contribution in [0.1, 0.15) is 5.56 Å². The Bertz CT molecular complexity index is 771. The quantitative estimate of drug-likeness (QED) is 0.542. The highest BCUT2D eigenvalue weighted by atomic mass is 127. The zero-order valence-corrected chi connectivity index (χ0v) is 14.5. The maximum atomic E-state index is 13.2. The summed E-state index contributed by atoms with van der Waals surface area (Å²) in [5.74, 6) is 0.421. The maximum absolute atomic E-state index is 13.2. The SMILES string of the molecule is Fc1ccc(Cn2cnc(-c3ccc(I)cc3)n2)cc1Br. The van der Waals surface area contributed by atoms with Gasteiger partial charge in [0.2, 0.25) is 0 Å². The summed E-state index contributed by atoms with van der Waals surface area (Å²) in [4.78, 5) is 4.32. The monoisotopic (exact) mass is 457 g/mol. The van der Waals surface area contributed by atoms with Crippen molar-refractivity contribution in [3.8, 4) is 11.4 Å². The normalized spacial score (nSPS) is 10.8. The highest BCUT2D eigenvalue weighted by Gasteiger charge is 2.06. The molecule has 0 radical (unpaired) electrons. The number of rotatable bonds is 3. The molecule has 3 nitrogen and oxygen atoms in total. The van der Waals surface area contributed by atoms with Gasteiger partial charge in [0.25, 0.3) is 0 Å². The Balaban J connectivity index is 1.81. The van der Waals surface area contributed by atoms with Crippen molar-refractivity contribution < 1.29 is 4.39 Å². The van der Waals surface area contributed by atoms with E-state index >= 15 is 0 Å². The molecule has 0 fully saturated rings. The van der Waals surface area contributed by atoms with Crippen molar-refractivity contribution in [2.45, 2.75) is 6.54 Å². The highest BCUT2D eigenvalue weighted by Crippen LogP contribution is 2.19. The molecule has 0 N–H and O–H groups in total. The number of nitrogens with zero attached hydrogens (tertiary/aromatic N) is 3. The number of benzene rings is 2. The van der Waals surface area contributed by atoms with Crippen LogP contribution < -0.4 is 0 Å². The molecule has 1 aromatic heterocycles. The average molecular weight is 458 g/mol. The van der Waals surface area contributed by atoms with Crippen LogP contribution in [0.5, 0.6) is 0 Å². The molecule has 1 heterocycles. The van der Waals surface area contributed by atoms with E-state index in [1.54, 1.807) is 23.1 Å². The Kier molecular flexibility index (Phi) is 4.34. The van der Waals surface area contributed by atoms with Crippen LogP contribution in [0, 0.1) is 9.39 Å². The molecule has 3 aromatic rings. The number of hydrogen-bond acceptors (Lipinski definition) is 2. The summed E-state index contributed by atoms with van der Waals surface area (Å²) in [7, 11) is 0. The van der Waals surface area contributed by atoms with Gasteiger partial charge in [-0.05, 0) is 68.3 Å². The summed E-state index contributed by atoms with van der Waals surface area (Å²) in [6.07, 6.45) is 1.69. The van der Waals surface area contributed by atoms with E-state index in [2.05, 4.69) is 48.6 Å². The summed E-state index contributed by atoms with van der Waals surface area (Å²) in [5.41, 5.74) is 1.94. The maximum Gasteiger partial charge on any atom is 0.181 e. The van der Waals surface area contributed by atoms with Gasteiger partial charge < -0.3 is 0 Å². The third kappa shape index (κ3) is 3.49. The Labute approximate surface area is 143 Å². The van der Waals surface area contributed by atoms with Gasteiger partial charge in [0.05, 0.1) is 11.0 Å². The summed E-state index contributed by atoms with van der Waals surface area (Å²) >= 11 is 5.45. The van der Waals surface area contributed by atoms with E-state index in [-0.39, 0.29) is 5.82 Å². The third-order valence-electron chi connectivity index (χ3n) is 2.97. The minimum atomic E-state index is -0.267. The molecule has 3 rings (SSSR count). The van der Waals surface area contributed by atoms with Crippen molar-refractivity contribution in [2.24, 2.45) is 0 Å². The number of aromatic nitrogens is 3. The van der Waals surface area contributed by atoms with Crippen LogP contribution in [0.25, 0.3) is 11.4 Å². The molecular weight excluding hydrogens is 448 g/mol. The van der Waals surface area contributed by atoms with Crippen molar-refractivity contribution in [1.82, 2.24) is 14.8 Å². The average Bonchev–Trinajstić information content (AvgIpc) is 2.92. The van der Waals surface area contributed by atoms with E-state index in [1.807, 2.05) is 24.3 Å². The van der Waals surface area contributed by atoms with Gasteiger partial charge in [-0.15, -0.1) is 0 Å². The van der Waals surface area contributed by atoms with Crippen LogP contribution in [-0.2, 0) is 6.54 Å². The minimum Gasteiger partial charge on any atom is -0.248 e. The van der Waals surface area contributed by atoms with E-state index in [0.29, 0.717) is 16.8 Å². The van der Waals surface area contributed by atoms with Gasteiger partial charge in [-0.2, -0.15) is 5.10 Å². The topological polar surface area (TPSA) is 30.7 Å². The van der Waals surface area contributed by atoms with Gasteiger partial charge in [0.1, 0.15) is 12.1 Å². The second-order valence-electron chi connectivity index (χ2n) is 4.52. The predicted molar refractivity (Wildman–Crippen MR) is 91.4 cm³/mol. The minimum absolute atomic E-state index is 0.267. The Morgan fingerprint density at radius 3 is 2.62 bits per heavy atom. The van der Waals surface area contributed by atoms with Gasteiger partial charge in [-0.1, -0.05) is 18.2 Å². The predicted octanol–water partition coefficient (Wildman–Crippen LogP) is 4.50. The Morgan fingerprint density at radius 2 is 1.90 bits per heavy atom. The first-order valence-electron chi connectivity index (χ1n) is 6.21. The van der Waals surface area contributed by atoms with Crippen LogP contribution in [0.15, 0.2) is 53.3 Å². The Hall–Kier alpha value is -1.28. The van der Waals surface area contributed by atoms with Crippen LogP contribution in [0.4, 0.5) is 4.39 Å². The molecule has 0 bridgehead atoms. The largest absolute Gasteiger partial charge is 0.248 e. The lowest BCUT2D eigenvalue weighted by atomic mass is 10.2. The molecule has 6 heteroatoms. The van der Waals surface area contributed by atoms with E-state index in [1.165, 1.54) is 9.64 Å². The first-order valence-corrected chi connectivity index (χ1v) is 8.08. The lowest BCUT2D eigenvalue weighted by Crippen LogP contribution is -2.00. The molecule has 2 aromatic carbocycles. The van der Waals surface area contributed by atoms with Crippen molar-refractivity contribution in [3.63, 3.8) is 0 Å². The van der Waals surface area contributed by atoms with E-state index in [9.17, 15) is 4.39 Å². The zero-order valence-electron chi connectivity index (χ0n) is 10.8. The smallest absolute Gasteiger partial charge is 0.181 e. The van der Waals surface area contributed by atoms with Crippen LogP contribution in [0.3, 0.4) is 0 Å². The first kappa shape index (κ1) is 14.6. The van der Waals surface area contributed by atoms with Crippen molar-refractivity contribution in [3.05, 3.63) is 68.2 Å². The number of halogens is 3. The van der Waals surface area contributed by atoms with Gasteiger partial charge in [0, 0.05) is 9.13 Å². The molecule has 0 aliphatic rings. The van der Waals surface area contributed by atoms with Gasteiger partial charge >= 0.3 is 0 Å². The second kappa shape index (κ2) is 6.23. The van der Waals surface area contributed by atoms with Gasteiger partial charge in [0.15, 0.2) is 5.82 Å². The molecule has 106 valence electrons. The molecule has 0 saturated carbocycles. The van der Waals surface area contributed by atoms with E-state index < -0.39 is 0 Å². The molecule has 0 aliphatic heterocycles. The van der Waals surface area contributed by atoms with Crippen LogP contribution in [0.2, 0.25) is 0 Å². The van der Waals surface area contributed by atoms with Gasteiger partial charge in [-0.25, -0.2) is 14.1 Å². The third-order valence-corrected chi connectivity index (χ3v) is 4.29. The summed E-state index contributed by atoms with van der Waals surface area (Å²) in [6.45, 7) is 0.552. The van der Waals surface area contributed by atoms with Crippen molar-refractivity contribution in [2.75, 3.05) is 0 Å². The van der Waals surface area contributed by atoms with Gasteiger partial charge in [-0.3, -0.25) is 0 Å². The second-order valence-corrected chi connectivity index (χ2v) is 6.62. The fourth-order valence-corrected chi connectivity index (χ4v) is 2.71. The standard InChI is InChI=1S/C15H10BrFIN3/c16-13-7-10(1-6-14(13)17)8-21-9-19-15(20-21)11-2-4-12(18)5-3-11/h1-7,9H,8H2. The molecule has 0 saturated heterocycles. The Morgan fingerprint density at radius 1 is 1.14 bits per heavy atom. The summed E-state index contributed by atoms with van der Waals surface area (Å²) in [6, 6.07) is 13.0. The molecule has 0 unspecified atom stereocenters. The molecule has 0 amide bonds. The molecule has 0 aliphatic carbocycles. The number of hydrogen-bond donors (Lipinski definition) is 0. The summed E-state index contributed by atoms with van der Waals surface area (Å²) in [5, 5.41) is 4.45. The van der Waals surface area contributed by atoms with Crippen molar-refractivity contribution >= 4 is 38.5 Å². The summed E-state index contributed by atoms with van der Waals surface area (Å²) < 4.78 is 16.6. The molecule has 0 atom stereocenters. The highest BCUT2D eigenvalue weighted by molar-refractivity contribution is 14.1. The first-order chi connectivity index (χ1) is 10.1. The van der Waals surface area contributed by atoms with Crippen molar-refractivity contribution in [1.29, 1.82) is 0 Å². The molecule has 0 spiro atoms. The van der Waals surface area contributed by atoms with Crippen LogP contribution >= 0.6 is 38.5 Å². The lowest BCUT2D eigenvalue weighted by Gasteiger charge is -2.02. The molecular formula is C15H10BrFIN3.